The first-order valence-electron chi connectivity index (χ1n) is 10.8. The molecule has 4 aromatic rings. The lowest BCUT2D eigenvalue weighted by Crippen LogP contribution is -2.32. The molecule has 2 aromatic heterocycles. The van der Waals surface area contributed by atoms with Gasteiger partial charge in [0, 0.05) is 45.0 Å². The summed E-state index contributed by atoms with van der Waals surface area (Å²) in [4.78, 5) is 39.9. The standard InChI is InChI=1S/C25H20ClN5O4S/c1-3-20(24(33)28-17-8-5-14(6-9-17)23-29-25(34)36-30-23)31-13-21(35-2)19(11-22(31)32)18-10-16(26)7-4-15(18)12-27/h4-11,13,20H,3H2,1-2H3,(H,28,33)(H,29,30,34)/t20-/m0/s1. The molecule has 4 rings (SSSR count). The van der Waals surface area contributed by atoms with Gasteiger partial charge < -0.3 is 10.1 Å². The van der Waals surface area contributed by atoms with Crippen molar-refractivity contribution in [2.75, 3.05) is 12.4 Å². The molecule has 2 aromatic carbocycles. The number of anilines is 1. The Morgan fingerprint density at radius 3 is 2.58 bits per heavy atom. The van der Waals surface area contributed by atoms with Gasteiger partial charge >= 0.3 is 4.87 Å². The van der Waals surface area contributed by atoms with E-state index in [2.05, 4.69) is 20.7 Å². The van der Waals surface area contributed by atoms with Gasteiger partial charge in [-0.05, 0) is 48.9 Å². The summed E-state index contributed by atoms with van der Waals surface area (Å²) >= 11 is 6.95. The van der Waals surface area contributed by atoms with Gasteiger partial charge in [0.05, 0.1) is 24.9 Å². The van der Waals surface area contributed by atoms with Crippen molar-refractivity contribution < 1.29 is 9.53 Å². The summed E-state index contributed by atoms with van der Waals surface area (Å²) in [6.07, 6.45) is 1.81. The number of aromatic amines is 1. The van der Waals surface area contributed by atoms with Crippen molar-refractivity contribution in [1.29, 1.82) is 5.26 Å². The van der Waals surface area contributed by atoms with Crippen LogP contribution in [0, 0.1) is 11.3 Å². The molecule has 0 unspecified atom stereocenters. The van der Waals surface area contributed by atoms with Gasteiger partial charge in [0.2, 0.25) is 5.91 Å². The van der Waals surface area contributed by atoms with E-state index in [0.717, 1.165) is 11.5 Å². The largest absolute Gasteiger partial charge is 0.495 e. The highest BCUT2D eigenvalue weighted by atomic mass is 35.5. The molecule has 1 atom stereocenters. The third-order valence-electron chi connectivity index (χ3n) is 5.55. The van der Waals surface area contributed by atoms with Crippen molar-refractivity contribution in [3.63, 3.8) is 0 Å². The van der Waals surface area contributed by atoms with Crippen LogP contribution in [0.2, 0.25) is 5.02 Å². The molecule has 0 fully saturated rings. The Kier molecular flexibility index (Phi) is 7.33. The molecule has 0 aliphatic carbocycles. The number of aromatic nitrogens is 3. The molecule has 36 heavy (non-hydrogen) atoms. The number of rotatable bonds is 7. The molecule has 0 saturated heterocycles. The molecule has 0 aliphatic heterocycles. The molecule has 11 heteroatoms. The van der Waals surface area contributed by atoms with E-state index in [0.29, 0.717) is 51.0 Å². The second-order valence-electron chi connectivity index (χ2n) is 7.74. The molecule has 0 aliphatic rings. The third-order valence-corrected chi connectivity index (χ3v) is 6.32. The van der Waals surface area contributed by atoms with E-state index in [1.165, 1.54) is 23.9 Å². The van der Waals surface area contributed by atoms with Crippen molar-refractivity contribution in [3.05, 3.63) is 85.3 Å². The number of ether oxygens (including phenoxy) is 1. The normalized spacial score (nSPS) is 11.5. The fraction of sp³-hybridized carbons (Fsp3) is 0.160. The number of carbonyl (C=O) groups is 1. The van der Waals surface area contributed by atoms with E-state index in [4.69, 9.17) is 16.3 Å². The molecule has 0 bridgehead atoms. The number of benzene rings is 2. The lowest BCUT2D eigenvalue weighted by molar-refractivity contribution is -0.119. The minimum atomic E-state index is -0.815. The number of hydrogen-bond donors (Lipinski definition) is 2. The number of nitrogens with one attached hydrogen (secondary N) is 2. The Balaban J connectivity index is 1.63. The summed E-state index contributed by atoms with van der Waals surface area (Å²) < 4.78 is 10.9. The van der Waals surface area contributed by atoms with Gasteiger partial charge in [0.1, 0.15) is 11.8 Å². The minimum absolute atomic E-state index is 0.251. The maximum absolute atomic E-state index is 13.1. The predicted octanol–water partition coefficient (Wildman–Crippen LogP) is 4.45. The zero-order valence-electron chi connectivity index (χ0n) is 19.2. The van der Waals surface area contributed by atoms with E-state index >= 15 is 0 Å². The smallest absolute Gasteiger partial charge is 0.323 e. The van der Waals surface area contributed by atoms with Crippen LogP contribution in [-0.2, 0) is 4.79 Å². The maximum Gasteiger partial charge on any atom is 0.323 e. The van der Waals surface area contributed by atoms with Crippen LogP contribution in [0.15, 0.2) is 64.3 Å². The number of hydrogen-bond acceptors (Lipinski definition) is 7. The second-order valence-corrected chi connectivity index (χ2v) is 8.91. The highest BCUT2D eigenvalue weighted by molar-refractivity contribution is 7.03. The highest BCUT2D eigenvalue weighted by Gasteiger charge is 2.23. The van der Waals surface area contributed by atoms with Crippen LogP contribution in [0.3, 0.4) is 0 Å². The summed E-state index contributed by atoms with van der Waals surface area (Å²) in [6.45, 7) is 1.80. The van der Waals surface area contributed by atoms with Crippen LogP contribution < -0.4 is 20.5 Å². The zero-order valence-corrected chi connectivity index (χ0v) is 20.8. The first-order valence-corrected chi connectivity index (χ1v) is 12.0. The predicted molar refractivity (Wildman–Crippen MR) is 139 cm³/mol. The Labute approximate surface area is 214 Å². The molecule has 2 N–H and O–H groups in total. The van der Waals surface area contributed by atoms with Crippen molar-refractivity contribution >= 4 is 34.7 Å². The summed E-state index contributed by atoms with van der Waals surface area (Å²) in [6, 6.07) is 14.2. The number of methoxy groups -OCH3 is 1. The van der Waals surface area contributed by atoms with Crippen LogP contribution in [-0.4, -0.2) is 26.9 Å². The van der Waals surface area contributed by atoms with E-state index in [1.54, 1.807) is 49.4 Å². The van der Waals surface area contributed by atoms with Crippen molar-refractivity contribution in [2.45, 2.75) is 19.4 Å². The fourth-order valence-electron chi connectivity index (χ4n) is 3.78. The van der Waals surface area contributed by atoms with Crippen molar-refractivity contribution in [2.24, 2.45) is 0 Å². The topological polar surface area (TPSA) is 130 Å². The van der Waals surface area contributed by atoms with Gasteiger partial charge in [-0.3, -0.25) is 23.9 Å². The minimum Gasteiger partial charge on any atom is -0.495 e. The number of amides is 1. The number of halogens is 1. The molecule has 0 spiro atoms. The van der Waals surface area contributed by atoms with Gasteiger partial charge in [-0.1, -0.05) is 18.5 Å². The number of nitriles is 1. The van der Waals surface area contributed by atoms with E-state index < -0.39 is 11.6 Å². The Bertz CT molecular complexity index is 1580. The highest BCUT2D eigenvalue weighted by Crippen LogP contribution is 2.33. The van der Waals surface area contributed by atoms with Crippen molar-refractivity contribution in [1.82, 2.24) is 13.9 Å². The number of nitrogens with zero attached hydrogens (tertiary/aromatic N) is 3. The van der Waals surface area contributed by atoms with Crippen LogP contribution in [0.1, 0.15) is 24.9 Å². The lowest BCUT2D eigenvalue weighted by atomic mass is 10.00. The summed E-state index contributed by atoms with van der Waals surface area (Å²) in [5.41, 5.74) is 2.00. The first-order chi connectivity index (χ1) is 17.3. The van der Waals surface area contributed by atoms with Gasteiger partial charge in [-0.15, -0.1) is 0 Å². The van der Waals surface area contributed by atoms with E-state index in [9.17, 15) is 19.6 Å². The Morgan fingerprint density at radius 2 is 1.97 bits per heavy atom. The lowest BCUT2D eigenvalue weighted by Gasteiger charge is -2.20. The average Bonchev–Trinajstić information content (AvgIpc) is 3.31. The number of carbonyl (C=O) groups excluding carboxylic acids is 1. The third kappa shape index (κ3) is 5.07. The number of H-pyrrole nitrogens is 1. The maximum atomic E-state index is 13.1. The zero-order chi connectivity index (χ0) is 25.8. The summed E-state index contributed by atoms with van der Waals surface area (Å²) in [5, 5.41) is 12.7. The second kappa shape index (κ2) is 10.6. The molecule has 2 heterocycles. The SMILES string of the molecule is CC[C@@H](C(=O)Nc1ccc(-c2nsc(=O)[nH]2)cc1)n1cc(OC)c(-c2cc(Cl)ccc2C#N)cc1=O. The van der Waals surface area contributed by atoms with Gasteiger partial charge in [-0.2, -0.15) is 9.64 Å². The van der Waals surface area contributed by atoms with Crippen LogP contribution >= 0.6 is 23.1 Å². The van der Waals surface area contributed by atoms with Gasteiger partial charge in [-0.25, -0.2) is 0 Å². The first kappa shape index (κ1) is 24.9. The number of pyridine rings is 1. The fourth-order valence-corrected chi connectivity index (χ4v) is 4.42. The van der Waals surface area contributed by atoms with Crippen LogP contribution in [0.5, 0.6) is 5.75 Å². The van der Waals surface area contributed by atoms with Crippen LogP contribution in [0.4, 0.5) is 5.69 Å². The molecule has 0 saturated carbocycles. The Morgan fingerprint density at radius 1 is 1.22 bits per heavy atom. The van der Waals surface area contributed by atoms with Gasteiger partial charge in [0.15, 0.2) is 5.82 Å². The monoisotopic (exact) mass is 521 g/mol. The van der Waals surface area contributed by atoms with E-state index in [-0.39, 0.29) is 10.8 Å². The molecule has 9 nitrogen and oxygen atoms in total. The molecule has 0 radical (unpaired) electrons. The molecular weight excluding hydrogens is 502 g/mol. The summed E-state index contributed by atoms with van der Waals surface area (Å²) in [7, 11) is 1.45. The molecule has 182 valence electrons. The van der Waals surface area contributed by atoms with Gasteiger partial charge in [0.25, 0.3) is 5.56 Å². The molecular formula is C25H20ClN5O4S. The Hall–Kier alpha value is -4.20. The molecule has 1 amide bonds. The quantitative estimate of drug-likeness (QED) is 0.369. The summed E-state index contributed by atoms with van der Waals surface area (Å²) in [5.74, 6) is 0.387. The average molecular weight is 522 g/mol. The van der Waals surface area contributed by atoms with Crippen molar-refractivity contribution in [3.8, 4) is 34.3 Å². The van der Waals surface area contributed by atoms with Crippen LogP contribution in [0.25, 0.3) is 22.5 Å². The van der Waals surface area contributed by atoms with E-state index in [1.807, 2.05) is 0 Å².